The van der Waals surface area contributed by atoms with Crippen molar-refractivity contribution in [2.45, 2.75) is 57.9 Å². The maximum Gasteiger partial charge on any atom is 0.240 e. The van der Waals surface area contributed by atoms with Crippen molar-refractivity contribution in [3.8, 4) is 6.07 Å². The van der Waals surface area contributed by atoms with Crippen LogP contribution in [0.2, 0.25) is 0 Å². The molecule has 0 unspecified atom stereocenters. The molecule has 4 heteroatoms. The van der Waals surface area contributed by atoms with Gasteiger partial charge in [0.05, 0.1) is 6.07 Å². The third-order valence-corrected chi connectivity index (χ3v) is 4.75. The average molecular weight is 264 g/mol. The Hall–Kier alpha value is -1.08. The first-order valence-corrected chi connectivity index (χ1v) is 7.50. The molecule has 0 spiro atoms. The van der Waals surface area contributed by atoms with Crippen LogP contribution in [0.3, 0.4) is 0 Å². The van der Waals surface area contributed by atoms with Gasteiger partial charge in [-0.2, -0.15) is 5.26 Å². The quantitative estimate of drug-likeness (QED) is 0.851. The zero-order chi connectivity index (χ0) is 13.7. The Morgan fingerprint density at radius 1 is 1.32 bits per heavy atom. The summed E-state index contributed by atoms with van der Waals surface area (Å²) in [6.07, 6.45) is 6.80. The van der Waals surface area contributed by atoms with Crippen LogP contribution in [0.4, 0.5) is 0 Å². The van der Waals surface area contributed by atoms with Gasteiger partial charge in [0.1, 0.15) is 5.41 Å². The molecule has 0 aromatic heterocycles. The van der Waals surface area contributed by atoms with Crippen LogP contribution in [0.1, 0.15) is 51.9 Å². The Labute approximate surface area is 115 Å². The fourth-order valence-corrected chi connectivity index (χ4v) is 3.15. The van der Waals surface area contributed by atoms with Crippen molar-refractivity contribution in [3.63, 3.8) is 0 Å². The number of carbonyl (C=O) groups excluding carboxylic acids is 1. The number of hydrogen-bond donors (Lipinski definition) is 1. The number of nitrogens with zero attached hydrogens (tertiary/aromatic N) is 1. The topological polar surface area (TPSA) is 62.1 Å². The van der Waals surface area contributed by atoms with Gasteiger partial charge in [0.2, 0.25) is 5.91 Å². The molecule has 2 fully saturated rings. The number of rotatable bonds is 3. The van der Waals surface area contributed by atoms with Crippen molar-refractivity contribution in [1.29, 1.82) is 5.26 Å². The number of carbonyl (C=O) groups is 1. The van der Waals surface area contributed by atoms with Gasteiger partial charge < -0.3 is 10.1 Å². The Bertz CT molecular complexity index is 348. The Balaban J connectivity index is 1.88. The summed E-state index contributed by atoms with van der Waals surface area (Å²) >= 11 is 0. The van der Waals surface area contributed by atoms with Gasteiger partial charge in [0.25, 0.3) is 0 Å². The highest BCUT2D eigenvalue weighted by atomic mass is 16.5. The second kappa shape index (κ2) is 6.38. The lowest BCUT2D eigenvalue weighted by atomic mass is 9.79. The first kappa shape index (κ1) is 14.3. The van der Waals surface area contributed by atoms with Crippen LogP contribution in [0.15, 0.2) is 0 Å². The van der Waals surface area contributed by atoms with Gasteiger partial charge in [-0.1, -0.05) is 13.3 Å². The van der Waals surface area contributed by atoms with Gasteiger partial charge in [-0.15, -0.1) is 0 Å². The van der Waals surface area contributed by atoms with Crippen LogP contribution >= 0.6 is 0 Å². The summed E-state index contributed by atoms with van der Waals surface area (Å²) < 4.78 is 5.26. The average Bonchev–Trinajstić information content (AvgIpc) is 2.48. The summed E-state index contributed by atoms with van der Waals surface area (Å²) in [6.45, 7) is 3.27. The molecule has 1 aliphatic carbocycles. The van der Waals surface area contributed by atoms with Crippen LogP contribution in [-0.2, 0) is 9.53 Å². The number of ether oxygens (including phenoxy) is 1. The van der Waals surface area contributed by atoms with E-state index in [0.717, 1.165) is 18.8 Å². The van der Waals surface area contributed by atoms with E-state index in [1.165, 1.54) is 19.3 Å². The van der Waals surface area contributed by atoms with Crippen molar-refractivity contribution in [2.75, 3.05) is 13.2 Å². The molecule has 4 nitrogen and oxygen atoms in total. The van der Waals surface area contributed by atoms with Crippen LogP contribution in [0.25, 0.3) is 0 Å². The van der Waals surface area contributed by atoms with Crippen LogP contribution in [0.5, 0.6) is 0 Å². The number of nitriles is 1. The smallest absolute Gasteiger partial charge is 0.240 e. The zero-order valence-corrected chi connectivity index (χ0v) is 11.8. The molecule has 1 saturated carbocycles. The normalized spacial score (nSPS) is 30.3. The van der Waals surface area contributed by atoms with E-state index in [1.54, 1.807) is 0 Å². The summed E-state index contributed by atoms with van der Waals surface area (Å²) in [5.41, 5.74) is -0.847. The van der Waals surface area contributed by atoms with Crippen molar-refractivity contribution in [2.24, 2.45) is 11.3 Å². The van der Waals surface area contributed by atoms with Gasteiger partial charge >= 0.3 is 0 Å². The first-order chi connectivity index (χ1) is 9.20. The second-order valence-corrected chi connectivity index (χ2v) is 5.91. The van der Waals surface area contributed by atoms with Crippen molar-refractivity contribution < 1.29 is 9.53 Å². The molecule has 1 heterocycles. The first-order valence-electron chi connectivity index (χ1n) is 7.50. The molecule has 19 heavy (non-hydrogen) atoms. The molecule has 0 aromatic carbocycles. The van der Waals surface area contributed by atoms with E-state index in [-0.39, 0.29) is 11.9 Å². The minimum Gasteiger partial charge on any atom is -0.381 e. The van der Waals surface area contributed by atoms with Crippen LogP contribution < -0.4 is 5.32 Å². The SMILES string of the molecule is CCC1CCC(NC(=O)C2(C#N)CCOCC2)CC1. The van der Waals surface area contributed by atoms with Crippen molar-refractivity contribution in [3.05, 3.63) is 0 Å². The highest BCUT2D eigenvalue weighted by molar-refractivity contribution is 5.85. The van der Waals surface area contributed by atoms with Crippen molar-refractivity contribution >= 4 is 5.91 Å². The molecule has 0 atom stereocenters. The molecule has 106 valence electrons. The molecular formula is C15H24N2O2. The highest BCUT2D eigenvalue weighted by Gasteiger charge is 2.41. The lowest BCUT2D eigenvalue weighted by molar-refractivity contribution is -0.133. The Morgan fingerprint density at radius 2 is 1.95 bits per heavy atom. The fraction of sp³-hybridized carbons (Fsp3) is 0.867. The lowest BCUT2D eigenvalue weighted by Gasteiger charge is -2.33. The summed E-state index contributed by atoms with van der Waals surface area (Å²) in [5.74, 6) is 0.749. The van der Waals surface area contributed by atoms with Crippen LogP contribution in [0, 0.1) is 22.7 Å². The maximum absolute atomic E-state index is 12.4. The molecule has 2 aliphatic rings. The highest BCUT2D eigenvalue weighted by Crippen LogP contribution is 2.32. The summed E-state index contributed by atoms with van der Waals surface area (Å²) in [5, 5.41) is 12.5. The molecule has 1 amide bonds. The van der Waals surface area contributed by atoms with E-state index in [9.17, 15) is 10.1 Å². The van der Waals surface area contributed by atoms with E-state index in [0.29, 0.717) is 26.1 Å². The van der Waals surface area contributed by atoms with Crippen molar-refractivity contribution in [1.82, 2.24) is 5.32 Å². The summed E-state index contributed by atoms with van der Waals surface area (Å²) in [6, 6.07) is 2.50. The maximum atomic E-state index is 12.4. The minimum atomic E-state index is -0.847. The predicted octanol–water partition coefficient (Wildman–Crippen LogP) is 2.39. The third-order valence-electron chi connectivity index (χ3n) is 4.75. The Morgan fingerprint density at radius 3 is 2.47 bits per heavy atom. The largest absolute Gasteiger partial charge is 0.381 e. The van der Waals surface area contributed by atoms with E-state index in [2.05, 4.69) is 18.3 Å². The molecule has 0 bridgehead atoms. The number of nitrogens with one attached hydrogen (secondary N) is 1. The van der Waals surface area contributed by atoms with Crippen LogP contribution in [-0.4, -0.2) is 25.2 Å². The van der Waals surface area contributed by atoms with Gasteiger partial charge in [-0.25, -0.2) is 0 Å². The van der Waals surface area contributed by atoms with E-state index < -0.39 is 5.41 Å². The number of amides is 1. The summed E-state index contributed by atoms with van der Waals surface area (Å²) in [4.78, 5) is 12.4. The van der Waals surface area contributed by atoms with Gasteiger partial charge in [0.15, 0.2) is 0 Å². The summed E-state index contributed by atoms with van der Waals surface area (Å²) in [7, 11) is 0. The molecular weight excluding hydrogens is 240 g/mol. The van der Waals surface area contributed by atoms with E-state index >= 15 is 0 Å². The van der Waals surface area contributed by atoms with E-state index in [4.69, 9.17) is 4.74 Å². The predicted molar refractivity (Wildman–Crippen MR) is 72.3 cm³/mol. The standard InChI is InChI=1S/C15H24N2O2/c1-2-12-3-5-13(6-4-12)17-14(18)15(11-16)7-9-19-10-8-15/h12-13H,2-10H2,1H3,(H,17,18). The second-order valence-electron chi connectivity index (χ2n) is 5.91. The molecule has 0 aromatic rings. The fourth-order valence-electron chi connectivity index (χ4n) is 3.15. The van der Waals surface area contributed by atoms with Gasteiger partial charge in [0, 0.05) is 19.3 Å². The molecule has 1 saturated heterocycles. The number of hydrogen-bond acceptors (Lipinski definition) is 3. The third kappa shape index (κ3) is 3.27. The molecule has 1 aliphatic heterocycles. The lowest BCUT2D eigenvalue weighted by Crippen LogP contribution is -2.48. The Kier molecular flexibility index (Phi) is 4.81. The monoisotopic (exact) mass is 264 g/mol. The van der Waals surface area contributed by atoms with Gasteiger partial charge in [-0.05, 0) is 44.4 Å². The molecule has 0 radical (unpaired) electrons. The zero-order valence-electron chi connectivity index (χ0n) is 11.8. The van der Waals surface area contributed by atoms with Gasteiger partial charge in [-0.3, -0.25) is 4.79 Å². The minimum absolute atomic E-state index is 0.0711. The molecule has 2 rings (SSSR count). The molecule has 1 N–H and O–H groups in total. The van der Waals surface area contributed by atoms with E-state index in [1.807, 2.05) is 0 Å².